The zero-order valence-corrected chi connectivity index (χ0v) is 19.0. The van der Waals surface area contributed by atoms with Crippen molar-refractivity contribution in [2.45, 2.75) is 59.0 Å². The minimum Gasteiger partial charge on any atom is -0.328 e. The van der Waals surface area contributed by atoms with Gasteiger partial charge in [-0.1, -0.05) is 63.0 Å². The first-order valence-corrected chi connectivity index (χ1v) is 10.5. The molecule has 158 valence electrons. The molecule has 1 amide bonds. The fraction of sp³-hybridized carbons (Fsp3) is 0.435. The topological polar surface area (TPSA) is 41.1 Å². The van der Waals surface area contributed by atoms with Crippen LogP contribution in [0.25, 0.3) is 0 Å². The Morgan fingerprint density at radius 2 is 1.83 bits per heavy atom. The lowest BCUT2D eigenvalue weighted by Crippen LogP contribution is -2.36. The molecule has 0 saturated carbocycles. The normalized spacial score (nSPS) is 14.9. The van der Waals surface area contributed by atoms with E-state index in [0.717, 1.165) is 12.0 Å². The van der Waals surface area contributed by atoms with Crippen LogP contribution in [0.15, 0.2) is 36.4 Å². The van der Waals surface area contributed by atoms with E-state index in [4.69, 9.17) is 23.2 Å². The molecular weight excluding hydrogens is 410 g/mol. The Morgan fingerprint density at radius 1 is 1.14 bits per heavy atom. The summed E-state index contributed by atoms with van der Waals surface area (Å²) in [6, 6.07) is 10.6. The fourth-order valence-electron chi connectivity index (χ4n) is 3.45. The third-order valence-corrected chi connectivity index (χ3v) is 5.61. The lowest BCUT2D eigenvalue weighted by atomic mass is 9.83. The molecule has 0 saturated heterocycles. The van der Waals surface area contributed by atoms with Crippen molar-refractivity contribution in [1.29, 1.82) is 0 Å². The maximum Gasteiger partial charge on any atom is 0.211 e. The molecule has 0 aliphatic heterocycles. The van der Waals surface area contributed by atoms with Crippen LogP contribution < -0.4 is 10.6 Å². The van der Waals surface area contributed by atoms with E-state index < -0.39 is 5.82 Å². The lowest BCUT2D eigenvalue weighted by molar-refractivity contribution is -0.105. The predicted molar refractivity (Wildman–Crippen MR) is 120 cm³/mol. The maximum absolute atomic E-state index is 14.3. The molecule has 2 aromatic carbocycles. The van der Waals surface area contributed by atoms with Crippen LogP contribution >= 0.6 is 23.2 Å². The van der Waals surface area contributed by atoms with Gasteiger partial charge in [-0.25, -0.2) is 4.39 Å². The number of halogens is 3. The number of carbonyl (C=O) groups excluding carboxylic acids is 1. The SMILES string of the molecule is CC(c1cccc(Cl)c1)[C@H](C)N[C@H](CC(C)(C)C)c1cc(F)c(Cl)cc1NC=O. The Balaban J connectivity index is 2.38. The second kappa shape index (κ2) is 9.92. The average molecular weight is 439 g/mol. The summed E-state index contributed by atoms with van der Waals surface area (Å²) in [6.07, 6.45) is 1.33. The van der Waals surface area contributed by atoms with Gasteiger partial charge in [0.05, 0.1) is 5.02 Å². The molecule has 6 heteroatoms. The Bertz CT molecular complexity index is 851. The van der Waals surface area contributed by atoms with Crippen molar-refractivity contribution in [3.05, 3.63) is 63.4 Å². The van der Waals surface area contributed by atoms with Gasteiger partial charge >= 0.3 is 0 Å². The molecule has 2 aromatic rings. The van der Waals surface area contributed by atoms with Crippen molar-refractivity contribution >= 4 is 35.3 Å². The largest absolute Gasteiger partial charge is 0.328 e. The summed E-state index contributed by atoms with van der Waals surface area (Å²) in [5.74, 6) is -0.329. The van der Waals surface area contributed by atoms with Gasteiger partial charge in [0.1, 0.15) is 5.82 Å². The molecule has 0 radical (unpaired) electrons. The van der Waals surface area contributed by atoms with Gasteiger partial charge in [0, 0.05) is 22.8 Å². The number of hydrogen-bond donors (Lipinski definition) is 2. The highest BCUT2D eigenvalue weighted by atomic mass is 35.5. The van der Waals surface area contributed by atoms with Gasteiger partial charge in [-0.2, -0.15) is 0 Å². The van der Waals surface area contributed by atoms with Crippen LogP contribution in [0.5, 0.6) is 0 Å². The molecule has 2 rings (SSSR count). The monoisotopic (exact) mass is 438 g/mol. The van der Waals surface area contributed by atoms with Crippen molar-refractivity contribution in [1.82, 2.24) is 5.32 Å². The highest BCUT2D eigenvalue weighted by molar-refractivity contribution is 6.31. The van der Waals surface area contributed by atoms with Crippen LogP contribution in [-0.4, -0.2) is 12.5 Å². The Labute approximate surface area is 183 Å². The van der Waals surface area contributed by atoms with Gasteiger partial charge in [-0.3, -0.25) is 4.79 Å². The second-order valence-electron chi connectivity index (χ2n) is 8.73. The molecule has 3 nitrogen and oxygen atoms in total. The maximum atomic E-state index is 14.3. The number of hydrogen-bond acceptors (Lipinski definition) is 2. The summed E-state index contributed by atoms with van der Waals surface area (Å²) in [5.41, 5.74) is 2.29. The van der Waals surface area contributed by atoms with Gasteiger partial charge in [0.15, 0.2) is 0 Å². The average Bonchev–Trinajstić information content (AvgIpc) is 2.62. The zero-order chi connectivity index (χ0) is 21.8. The summed E-state index contributed by atoms with van der Waals surface area (Å²) in [5, 5.41) is 6.99. The number of amides is 1. The Kier molecular flexibility index (Phi) is 8.10. The molecule has 0 spiro atoms. The first kappa shape index (κ1) is 23.7. The van der Waals surface area contributed by atoms with Crippen LogP contribution in [-0.2, 0) is 4.79 Å². The van der Waals surface area contributed by atoms with Crippen molar-refractivity contribution in [3.63, 3.8) is 0 Å². The fourth-order valence-corrected chi connectivity index (χ4v) is 3.81. The molecule has 0 bridgehead atoms. The van der Waals surface area contributed by atoms with E-state index in [0.29, 0.717) is 22.7 Å². The predicted octanol–water partition coefficient (Wildman–Crippen LogP) is 6.96. The number of anilines is 1. The van der Waals surface area contributed by atoms with E-state index in [1.807, 2.05) is 18.2 Å². The molecule has 0 heterocycles. The molecule has 29 heavy (non-hydrogen) atoms. The quantitative estimate of drug-likeness (QED) is 0.437. The summed E-state index contributed by atoms with van der Waals surface area (Å²) < 4.78 is 14.3. The summed E-state index contributed by atoms with van der Waals surface area (Å²) in [7, 11) is 0. The van der Waals surface area contributed by atoms with E-state index in [2.05, 4.69) is 51.3 Å². The van der Waals surface area contributed by atoms with Crippen molar-refractivity contribution < 1.29 is 9.18 Å². The van der Waals surface area contributed by atoms with Gasteiger partial charge in [0.25, 0.3) is 0 Å². The van der Waals surface area contributed by atoms with E-state index >= 15 is 0 Å². The van der Waals surface area contributed by atoms with Gasteiger partial charge in [0.2, 0.25) is 6.41 Å². The summed E-state index contributed by atoms with van der Waals surface area (Å²) in [4.78, 5) is 11.1. The third-order valence-electron chi connectivity index (χ3n) is 5.09. The smallest absolute Gasteiger partial charge is 0.211 e. The number of benzene rings is 2. The molecule has 0 aliphatic carbocycles. The van der Waals surface area contributed by atoms with E-state index in [1.165, 1.54) is 12.1 Å². The van der Waals surface area contributed by atoms with Gasteiger partial charge in [-0.15, -0.1) is 0 Å². The highest BCUT2D eigenvalue weighted by Gasteiger charge is 2.27. The Hall–Kier alpha value is -1.62. The lowest BCUT2D eigenvalue weighted by Gasteiger charge is -2.33. The van der Waals surface area contributed by atoms with Crippen molar-refractivity contribution in [3.8, 4) is 0 Å². The molecule has 0 fully saturated rings. The number of rotatable bonds is 8. The molecule has 1 unspecified atom stereocenters. The molecular formula is C23H29Cl2FN2O. The van der Waals surface area contributed by atoms with Crippen LogP contribution in [0.2, 0.25) is 10.0 Å². The van der Waals surface area contributed by atoms with Crippen molar-refractivity contribution in [2.75, 3.05) is 5.32 Å². The molecule has 0 aliphatic rings. The van der Waals surface area contributed by atoms with Crippen LogP contribution in [0.1, 0.15) is 64.1 Å². The molecule has 3 atom stereocenters. The standard InChI is InChI=1S/C23H29Cl2FN2O/c1-14(16-7-6-8-17(24)9-16)15(2)28-22(12-23(3,4)5)18-10-20(26)19(25)11-21(18)27-13-29/h6-11,13-15,22,28H,12H2,1-5H3,(H,27,29)/t14?,15-,22+/m0/s1. The van der Waals surface area contributed by atoms with Crippen molar-refractivity contribution in [2.24, 2.45) is 5.41 Å². The van der Waals surface area contributed by atoms with Gasteiger partial charge in [-0.05, 0) is 60.1 Å². The van der Waals surface area contributed by atoms with E-state index in [-0.39, 0.29) is 28.4 Å². The van der Waals surface area contributed by atoms with E-state index in [9.17, 15) is 9.18 Å². The highest BCUT2D eigenvalue weighted by Crippen LogP contribution is 2.36. The van der Waals surface area contributed by atoms with E-state index in [1.54, 1.807) is 0 Å². The third kappa shape index (κ3) is 6.70. The van der Waals surface area contributed by atoms with Crippen LogP contribution in [0.3, 0.4) is 0 Å². The minimum atomic E-state index is -0.505. The van der Waals surface area contributed by atoms with Gasteiger partial charge < -0.3 is 10.6 Å². The second-order valence-corrected chi connectivity index (χ2v) is 9.58. The number of nitrogens with one attached hydrogen (secondary N) is 2. The first-order valence-electron chi connectivity index (χ1n) is 9.72. The molecule has 0 aromatic heterocycles. The Morgan fingerprint density at radius 3 is 2.41 bits per heavy atom. The van der Waals surface area contributed by atoms with Crippen LogP contribution in [0, 0.1) is 11.2 Å². The summed E-state index contributed by atoms with van der Waals surface area (Å²) in [6.45, 7) is 10.6. The zero-order valence-electron chi connectivity index (χ0n) is 17.5. The minimum absolute atomic E-state index is 0.0204. The first-order chi connectivity index (χ1) is 13.5. The van der Waals surface area contributed by atoms with Crippen LogP contribution in [0.4, 0.5) is 10.1 Å². The molecule has 2 N–H and O–H groups in total. The summed E-state index contributed by atoms with van der Waals surface area (Å²) >= 11 is 12.1. The number of carbonyl (C=O) groups is 1.